The molecule has 0 aliphatic rings. The van der Waals surface area contributed by atoms with E-state index in [9.17, 15) is 9.59 Å². The first-order chi connectivity index (χ1) is 7.52. The van der Waals surface area contributed by atoms with Crippen molar-refractivity contribution in [2.24, 2.45) is 5.92 Å². The Balaban J connectivity index is 3.66. The van der Waals surface area contributed by atoms with Crippen molar-refractivity contribution in [2.75, 3.05) is 19.6 Å². The van der Waals surface area contributed by atoms with E-state index in [0.29, 0.717) is 19.4 Å². The minimum atomic E-state index is 0.0125. The molecule has 0 aromatic heterocycles. The third-order valence-corrected chi connectivity index (χ3v) is 2.51. The molecule has 0 heterocycles. The Morgan fingerprint density at radius 1 is 1.19 bits per heavy atom. The number of nitrogens with zero attached hydrogens (tertiary/aromatic N) is 1. The topological polar surface area (TPSA) is 49.4 Å². The molecular formula is C12H24N2O2. The summed E-state index contributed by atoms with van der Waals surface area (Å²) in [7, 11) is 0. The predicted octanol–water partition coefficient (Wildman–Crippen LogP) is 1.41. The molecule has 4 heteroatoms. The molecule has 0 saturated carbocycles. The van der Waals surface area contributed by atoms with Crippen LogP contribution in [0.2, 0.25) is 0 Å². The highest BCUT2D eigenvalue weighted by atomic mass is 16.2. The second-order valence-electron chi connectivity index (χ2n) is 4.12. The van der Waals surface area contributed by atoms with Gasteiger partial charge in [-0.25, -0.2) is 0 Å². The van der Waals surface area contributed by atoms with Crippen LogP contribution in [-0.4, -0.2) is 36.3 Å². The van der Waals surface area contributed by atoms with Gasteiger partial charge in [0.05, 0.1) is 0 Å². The average molecular weight is 228 g/mol. The molecule has 0 rings (SSSR count). The van der Waals surface area contributed by atoms with Gasteiger partial charge < -0.3 is 10.2 Å². The molecule has 1 N–H and O–H groups in total. The summed E-state index contributed by atoms with van der Waals surface area (Å²) in [6, 6.07) is 0. The summed E-state index contributed by atoms with van der Waals surface area (Å²) in [5.41, 5.74) is 0. The number of carbonyl (C=O) groups is 2. The zero-order valence-electron chi connectivity index (χ0n) is 10.9. The Morgan fingerprint density at radius 3 is 2.19 bits per heavy atom. The zero-order valence-corrected chi connectivity index (χ0v) is 10.9. The molecule has 0 saturated heterocycles. The van der Waals surface area contributed by atoms with Crippen LogP contribution < -0.4 is 5.32 Å². The van der Waals surface area contributed by atoms with Gasteiger partial charge >= 0.3 is 0 Å². The Bertz CT molecular complexity index is 223. The highest BCUT2D eigenvalue weighted by molar-refractivity contribution is 5.78. The lowest BCUT2D eigenvalue weighted by molar-refractivity contribution is -0.131. The lowest BCUT2D eigenvalue weighted by Gasteiger charge is -2.18. The molecule has 0 radical (unpaired) electrons. The smallest absolute Gasteiger partial charge is 0.222 e. The molecule has 94 valence electrons. The summed E-state index contributed by atoms with van der Waals surface area (Å²) < 4.78 is 0. The van der Waals surface area contributed by atoms with Gasteiger partial charge in [-0.3, -0.25) is 9.59 Å². The lowest BCUT2D eigenvalue weighted by atomic mass is 10.2. The van der Waals surface area contributed by atoms with Gasteiger partial charge in [0, 0.05) is 32.0 Å². The molecule has 16 heavy (non-hydrogen) atoms. The van der Waals surface area contributed by atoms with Crippen LogP contribution in [-0.2, 0) is 9.59 Å². The molecule has 2 amide bonds. The monoisotopic (exact) mass is 228 g/mol. The Morgan fingerprint density at radius 2 is 1.75 bits per heavy atom. The van der Waals surface area contributed by atoms with Gasteiger partial charge in [0.15, 0.2) is 0 Å². The molecule has 4 nitrogen and oxygen atoms in total. The molecule has 0 fully saturated rings. The molecule has 0 unspecified atom stereocenters. The van der Waals surface area contributed by atoms with E-state index in [0.717, 1.165) is 13.1 Å². The first-order valence-electron chi connectivity index (χ1n) is 6.08. The molecular weight excluding hydrogens is 204 g/mol. The predicted molar refractivity (Wildman–Crippen MR) is 65.0 cm³/mol. The van der Waals surface area contributed by atoms with Crippen molar-refractivity contribution < 1.29 is 9.59 Å². The van der Waals surface area contributed by atoms with E-state index in [1.807, 2.05) is 32.6 Å². The standard InChI is InChI=1S/C12H24N2O2/c1-5-14(6-2)11(15)8-7-9-13-12(16)10(3)4/h10H,5-9H2,1-4H3,(H,13,16). The van der Waals surface area contributed by atoms with Crippen LogP contribution in [0.15, 0.2) is 0 Å². The summed E-state index contributed by atoms with van der Waals surface area (Å²) >= 11 is 0. The molecule has 0 spiro atoms. The van der Waals surface area contributed by atoms with E-state index in [1.165, 1.54) is 0 Å². The van der Waals surface area contributed by atoms with Crippen molar-refractivity contribution in [2.45, 2.75) is 40.5 Å². The normalized spacial score (nSPS) is 10.3. The van der Waals surface area contributed by atoms with E-state index >= 15 is 0 Å². The summed E-state index contributed by atoms with van der Waals surface area (Å²) in [6.45, 7) is 9.77. The van der Waals surface area contributed by atoms with E-state index in [4.69, 9.17) is 0 Å². The Labute approximate surface area is 98.4 Å². The van der Waals surface area contributed by atoms with Gasteiger partial charge in [0.25, 0.3) is 0 Å². The maximum Gasteiger partial charge on any atom is 0.222 e. The molecule has 0 aliphatic carbocycles. The highest BCUT2D eigenvalue weighted by Gasteiger charge is 2.09. The van der Waals surface area contributed by atoms with Crippen LogP contribution in [0.3, 0.4) is 0 Å². The van der Waals surface area contributed by atoms with E-state index in [1.54, 1.807) is 0 Å². The number of carbonyl (C=O) groups excluding carboxylic acids is 2. The second kappa shape index (κ2) is 8.13. The summed E-state index contributed by atoms with van der Waals surface area (Å²) in [6.07, 6.45) is 1.23. The van der Waals surface area contributed by atoms with Crippen LogP contribution >= 0.6 is 0 Å². The number of hydrogen-bond acceptors (Lipinski definition) is 2. The molecule has 0 aliphatic heterocycles. The Hall–Kier alpha value is -1.06. The largest absolute Gasteiger partial charge is 0.356 e. The third kappa shape index (κ3) is 5.73. The van der Waals surface area contributed by atoms with Crippen molar-refractivity contribution in [1.82, 2.24) is 10.2 Å². The first-order valence-corrected chi connectivity index (χ1v) is 6.08. The molecule has 0 bridgehead atoms. The van der Waals surface area contributed by atoms with E-state index < -0.39 is 0 Å². The van der Waals surface area contributed by atoms with Crippen LogP contribution in [0.25, 0.3) is 0 Å². The number of rotatable bonds is 7. The minimum absolute atomic E-state index is 0.0125. The number of hydrogen-bond donors (Lipinski definition) is 1. The lowest BCUT2D eigenvalue weighted by Crippen LogP contribution is -2.32. The highest BCUT2D eigenvalue weighted by Crippen LogP contribution is 1.97. The molecule has 0 atom stereocenters. The maximum atomic E-state index is 11.6. The first kappa shape index (κ1) is 14.9. The van der Waals surface area contributed by atoms with Gasteiger partial charge in [-0.15, -0.1) is 0 Å². The van der Waals surface area contributed by atoms with E-state index in [2.05, 4.69) is 5.32 Å². The SMILES string of the molecule is CCN(CC)C(=O)CCCNC(=O)C(C)C. The molecule has 0 aromatic rings. The van der Waals surface area contributed by atoms with Gasteiger partial charge in [-0.05, 0) is 20.3 Å². The zero-order chi connectivity index (χ0) is 12.6. The average Bonchev–Trinajstić information content (AvgIpc) is 2.25. The van der Waals surface area contributed by atoms with Crippen LogP contribution in [0.4, 0.5) is 0 Å². The fraction of sp³-hybridized carbons (Fsp3) is 0.833. The van der Waals surface area contributed by atoms with Gasteiger partial charge in [-0.2, -0.15) is 0 Å². The van der Waals surface area contributed by atoms with Crippen molar-refractivity contribution in [1.29, 1.82) is 0 Å². The number of nitrogens with one attached hydrogen (secondary N) is 1. The summed E-state index contributed by atoms with van der Waals surface area (Å²) in [5, 5.41) is 2.80. The fourth-order valence-electron chi connectivity index (χ4n) is 1.39. The number of amides is 2. The van der Waals surface area contributed by atoms with Crippen LogP contribution in [0.5, 0.6) is 0 Å². The van der Waals surface area contributed by atoms with Gasteiger partial charge in [-0.1, -0.05) is 13.8 Å². The van der Waals surface area contributed by atoms with Crippen molar-refractivity contribution in [3.8, 4) is 0 Å². The van der Waals surface area contributed by atoms with Crippen molar-refractivity contribution in [3.63, 3.8) is 0 Å². The third-order valence-electron chi connectivity index (χ3n) is 2.51. The second-order valence-corrected chi connectivity index (χ2v) is 4.12. The van der Waals surface area contributed by atoms with E-state index in [-0.39, 0.29) is 17.7 Å². The summed E-state index contributed by atoms with van der Waals surface area (Å²) in [4.78, 5) is 24.6. The van der Waals surface area contributed by atoms with Crippen molar-refractivity contribution in [3.05, 3.63) is 0 Å². The van der Waals surface area contributed by atoms with Crippen LogP contribution in [0.1, 0.15) is 40.5 Å². The van der Waals surface area contributed by atoms with Gasteiger partial charge in [0.2, 0.25) is 11.8 Å². The fourth-order valence-corrected chi connectivity index (χ4v) is 1.39. The minimum Gasteiger partial charge on any atom is -0.356 e. The van der Waals surface area contributed by atoms with Crippen molar-refractivity contribution >= 4 is 11.8 Å². The maximum absolute atomic E-state index is 11.6. The Kier molecular flexibility index (Phi) is 7.60. The van der Waals surface area contributed by atoms with Crippen LogP contribution in [0, 0.1) is 5.92 Å². The quantitative estimate of drug-likeness (QED) is 0.670. The van der Waals surface area contributed by atoms with Gasteiger partial charge in [0.1, 0.15) is 0 Å². The summed E-state index contributed by atoms with van der Waals surface area (Å²) in [5.74, 6) is 0.234. The molecule has 0 aromatic carbocycles.